The molecule has 1 fully saturated rings. The highest BCUT2D eigenvalue weighted by atomic mass is 32.1. The topological polar surface area (TPSA) is 59.2 Å². The Morgan fingerprint density at radius 2 is 2.14 bits per heavy atom. The quantitative estimate of drug-likeness (QED) is 0.943. The van der Waals surface area contributed by atoms with Gasteiger partial charge in [-0.2, -0.15) is 0 Å². The molecule has 1 aliphatic heterocycles. The van der Waals surface area contributed by atoms with E-state index in [1.807, 2.05) is 12.4 Å². The maximum atomic E-state index is 11.6. The summed E-state index contributed by atoms with van der Waals surface area (Å²) in [5, 5.41) is 0. The molecular weight excluding hydrogens is 294 g/mol. The first-order valence-corrected chi connectivity index (χ1v) is 8.51. The average molecular weight is 315 g/mol. The van der Waals surface area contributed by atoms with Crippen LogP contribution in [-0.2, 0) is 4.79 Å². The van der Waals surface area contributed by atoms with Crippen LogP contribution < -0.4 is 5.73 Å². The number of amides is 1. The zero-order valence-corrected chi connectivity index (χ0v) is 13.8. The molecule has 3 rings (SSSR count). The van der Waals surface area contributed by atoms with E-state index in [9.17, 15) is 4.79 Å². The second kappa shape index (κ2) is 6.18. The van der Waals surface area contributed by atoms with Gasteiger partial charge < -0.3 is 5.73 Å². The van der Waals surface area contributed by atoms with E-state index in [1.165, 1.54) is 16.0 Å². The smallest absolute Gasteiger partial charge is 0.234 e. The number of aromatic nitrogens is 1. The number of rotatable bonds is 4. The molecule has 4 nitrogen and oxygen atoms in total. The molecular formula is C17H21N3OS. The molecule has 0 saturated carbocycles. The van der Waals surface area contributed by atoms with E-state index in [4.69, 9.17) is 5.73 Å². The molecule has 0 spiro atoms. The molecule has 1 aliphatic rings. The number of likely N-dealkylation sites (tertiary alicyclic amines) is 1. The molecule has 0 radical (unpaired) electrons. The van der Waals surface area contributed by atoms with Gasteiger partial charge in [-0.1, -0.05) is 24.3 Å². The Hall–Kier alpha value is -1.72. The predicted molar refractivity (Wildman–Crippen MR) is 89.6 cm³/mol. The summed E-state index contributed by atoms with van der Waals surface area (Å²) in [5.74, 6) is -0.207. The lowest BCUT2D eigenvalue weighted by molar-refractivity contribution is -0.122. The number of thiazole rings is 1. The summed E-state index contributed by atoms with van der Waals surface area (Å²) in [6, 6.07) is 8.66. The van der Waals surface area contributed by atoms with Crippen LogP contribution in [0, 0.1) is 6.92 Å². The van der Waals surface area contributed by atoms with Gasteiger partial charge in [0, 0.05) is 6.04 Å². The van der Waals surface area contributed by atoms with Gasteiger partial charge in [0.25, 0.3) is 0 Å². The van der Waals surface area contributed by atoms with Crippen molar-refractivity contribution in [1.29, 1.82) is 0 Å². The average Bonchev–Trinajstić information content (AvgIpc) is 3.15. The lowest BCUT2D eigenvalue weighted by atomic mass is 10.0. The van der Waals surface area contributed by atoms with Crippen molar-refractivity contribution in [2.24, 2.45) is 5.73 Å². The van der Waals surface area contributed by atoms with Crippen LogP contribution in [0.1, 0.15) is 37.1 Å². The largest absolute Gasteiger partial charge is 0.368 e. The van der Waals surface area contributed by atoms with Gasteiger partial charge in [0.1, 0.15) is 0 Å². The fourth-order valence-corrected chi connectivity index (χ4v) is 4.05. The van der Waals surface area contributed by atoms with E-state index in [0.29, 0.717) is 0 Å². The number of carbonyl (C=O) groups excluding carboxylic acids is 1. The molecule has 1 aromatic carbocycles. The van der Waals surface area contributed by atoms with Gasteiger partial charge in [-0.25, -0.2) is 4.98 Å². The summed E-state index contributed by atoms with van der Waals surface area (Å²) in [4.78, 5) is 19.3. The fourth-order valence-electron chi connectivity index (χ4n) is 3.24. The van der Waals surface area contributed by atoms with Crippen molar-refractivity contribution in [3.8, 4) is 10.4 Å². The molecule has 5 heteroatoms. The van der Waals surface area contributed by atoms with E-state index in [0.717, 1.165) is 25.1 Å². The molecule has 1 amide bonds. The Bertz CT molecular complexity index is 665. The van der Waals surface area contributed by atoms with Crippen LogP contribution in [0.3, 0.4) is 0 Å². The number of aryl methyl sites for hydroxylation is 1. The molecule has 2 aromatic rings. The Morgan fingerprint density at radius 3 is 2.73 bits per heavy atom. The second-order valence-electron chi connectivity index (χ2n) is 5.86. The molecule has 0 aliphatic carbocycles. The van der Waals surface area contributed by atoms with Gasteiger partial charge in [0.2, 0.25) is 5.91 Å². The lowest BCUT2D eigenvalue weighted by Crippen LogP contribution is -2.41. The number of benzene rings is 1. The first kappa shape index (κ1) is 15.2. The van der Waals surface area contributed by atoms with Gasteiger partial charge in [0.15, 0.2) is 0 Å². The number of primary amides is 1. The molecule has 1 saturated heterocycles. The number of hydrogen-bond donors (Lipinski definition) is 1. The predicted octanol–water partition coefficient (Wildman–Crippen LogP) is 3.13. The number of hydrogen-bond acceptors (Lipinski definition) is 4. The van der Waals surface area contributed by atoms with E-state index in [1.54, 1.807) is 11.3 Å². The van der Waals surface area contributed by atoms with Crippen LogP contribution in [0.4, 0.5) is 0 Å². The summed E-state index contributed by atoms with van der Waals surface area (Å²) < 4.78 is 0. The van der Waals surface area contributed by atoms with Gasteiger partial charge in [0.05, 0.1) is 22.1 Å². The molecule has 1 unspecified atom stereocenters. The van der Waals surface area contributed by atoms with Crippen LogP contribution in [0.25, 0.3) is 10.4 Å². The third kappa shape index (κ3) is 2.78. The number of carbonyl (C=O) groups is 1. The highest BCUT2D eigenvalue weighted by molar-refractivity contribution is 7.13. The highest BCUT2D eigenvalue weighted by Crippen LogP contribution is 2.32. The molecule has 2 atom stereocenters. The van der Waals surface area contributed by atoms with Crippen molar-refractivity contribution in [1.82, 2.24) is 9.88 Å². The van der Waals surface area contributed by atoms with E-state index in [-0.39, 0.29) is 18.0 Å². The minimum atomic E-state index is -0.207. The SMILES string of the molecule is Cc1ncsc1-c1ccc([C@H](C)N2CCCC2C(N)=O)cc1. The molecule has 2 heterocycles. The molecule has 2 N–H and O–H groups in total. The molecule has 22 heavy (non-hydrogen) atoms. The van der Waals surface area contributed by atoms with Crippen LogP contribution in [0.5, 0.6) is 0 Å². The van der Waals surface area contributed by atoms with Gasteiger partial charge >= 0.3 is 0 Å². The van der Waals surface area contributed by atoms with Crippen molar-refractivity contribution in [3.05, 3.63) is 41.0 Å². The second-order valence-corrected chi connectivity index (χ2v) is 6.72. The Labute approximate surface area is 135 Å². The van der Waals surface area contributed by atoms with Crippen LogP contribution in [0.2, 0.25) is 0 Å². The van der Waals surface area contributed by atoms with Gasteiger partial charge in [-0.3, -0.25) is 9.69 Å². The van der Waals surface area contributed by atoms with Crippen LogP contribution in [0.15, 0.2) is 29.8 Å². The number of nitrogens with zero attached hydrogens (tertiary/aromatic N) is 2. The Kier molecular flexibility index (Phi) is 4.27. The normalized spacial score (nSPS) is 20.2. The number of nitrogens with two attached hydrogens (primary N) is 1. The minimum absolute atomic E-state index is 0.126. The van der Waals surface area contributed by atoms with Crippen LogP contribution in [-0.4, -0.2) is 28.4 Å². The first-order chi connectivity index (χ1) is 10.6. The summed E-state index contributed by atoms with van der Waals surface area (Å²) >= 11 is 1.66. The third-order valence-corrected chi connectivity index (χ3v) is 5.50. The molecule has 0 bridgehead atoms. The summed E-state index contributed by atoms with van der Waals surface area (Å²) in [7, 11) is 0. The Balaban J connectivity index is 1.81. The van der Waals surface area contributed by atoms with Crippen molar-refractivity contribution in [2.45, 2.75) is 38.8 Å². The summed E-state index contributed by atoms with van der Waals surface area (Å²) in [6.07, 6.45) is 1.91. The lowest BCUT2D eigenvalue weighted by Gasteiger charge is -2.29. The fraction of sp³-hybridized carbons (Fsp3) is 0.412. The first-order valence-electron chi connectivity index (χ1n) is 7.63. The zero-order valence-electron chi connectivity index (χ0n) is 13.0. The standard InChI is InChI=1S/C17H21N3OS/c1-11-16(22-10-19-11)14-7-5-13(6-8-14)12(2)20-9-3-4-15(20)17(18)21/h5-8,10,12,15H,3-4,9H2,1-2H3,(H2,18,21)/t12-,15?/m0/s1. The van der Waals surface area contributed by atoms with Crippen LogP contribution >= 0.6 is 11.3 Å². The van der Waals surface area contributed by atoms with Gasteiger partial charge in [-0.05, 0) is 44.4 Å². The van der Waals surface area contributed by atoms with E-state index < -0.39 is 0 Å². The van der Waals surface area contributed by atoms with Gasteiger partial charge in [-0.15, -0.1) is 11.3 Å². The molecule has 1 aromatic heterocycles. The van der Waals surface area contributed by atoms with Crippen molar-refractivity contribution < 1.29 is 4.79 Å². The summed E-state index contributed by atoms with van der Waals surface area (Å²) in [6.45, 7) is 5.11. The van der Waals surface area contributed by atoms with E-state index >= 15 is 0 Å². The Morgan fingerprint density at radius 1 is 1.41 bits per heavy atom. The summed E-state index contributed by atoms with van der Waals surface area (Å²) in [5.41, 5.74) is 10.9. The minimum Gasteiger partial charge on any atom is -0.368 e. The molecule has 116 valence electrons. The van der Waals surface area contributed by atoms with E-state index in [2.05, 4.69) is 41.1 Å². The highest BCUT2D eigenvalue weighted by Gasteiger charge is 2.32. The maximum Gasteiger partial charge on any atom is 0.234 e. The maximum absolute atomic E-state index is 11.6. The van der Waals surface area contributed by atoms with Crippen molar-refractivity contribution in [3.63, 3.8) is 0 Å². The van der Waals surface area contributed by atoms with Crippen molar-refractivity contribution >= 4 is 17.2 Å². The monoisotopic (exact) mass is 315 g/mol. The van der Waals surface area contributed by atoms with Crippen molar-refractivity contribution in [2.75, 3.05) is 6.54 Å². The zero-order chi connectivity index (χ0) is 15.7. The third-order valence-electron chi connectivity index (χ3n) is 4.52.